The summed E-state index contributed by atoms with van der Waals surface area (Å²) in [6, 6.07) is 0. The van der Waals surface area contributed by atoms with E-state index in [1.807, 2.05) is 0 Å². The molecule has 0 unspecified atom stereocenters. The van der Waals surface area contributed by atoms with E-state index < -0.39 is 7.26 Å². The van der Waals surface area contributed by atoms with Crippen molar-refractivity contribution in [1.29, 1.82) is 0 Å². The van der Waals surface area contributed by atoms with Gasteiger partial charge in [-0.15, -0.1) is 0 Å². The normalized spacial score (nSPS) is 12.2. The van der Waals surface area contributed by atoms with Crippen molar-refractivity contribution in [2.75, 3.05) is 24.6 Å². The Balaban J connectivity index is 4.31. The SMILES string of the molecule is C=CC[PH](CCCCCCCCCCCCCCCCCC)(CCCCCCCCCCCCCCCCCC)CCCCCCCCCCCCCCCCCC. The Labute approximate surface area is 372 Å². The van der Waals surface area contributed by atoms with E-state index in [0.29, 0.717) is 0 Å². The van der Waals surface area contributed by atoms with Crippen LogP contribution in [0.1, 0.15) is 329 Å². The van der Waals surface area contributed by atoms with E-state index in [4.69, 9.17) is 0 Å². The molecule has 0 N–H and O–H groups in total. The maximum atomic E-state index is 4.35. The van der Waals surface area contributed by atoms with Crippen LogP contribution in [-0.2, 0) is 0 Å². The van der Waals surface area contributed by atoms with E-state index in [0.717, 1.165) is 0 Å². The summed E-state index contributed by atoms with van der Waals surface area (Å²) < 4.78 is 0. The Morgan fingerprint density at radius 1 is 0.224 bits per heavy atom. The third-order valence-corrected chi connectivity index (χ3v) is 19.7. The number of allylic oxidation sites excluding steroid dienone is 1. The van der Waals surface area contributed by atoms with E-state index in [2.05, 4.69) is 33.4 Å². The fourth-order valence-electron chi connectivity index (χ4n) is 10.1. The summed E-state index contributed by atoms with van der Waals surface area (Å²) in [7, 11) is -1.23. The van der Waals surface area contributed by atoms with Crippen molar-refractivity contribution in [1.82, 2.24) is 0 Å². The zero-order valence-corrected chi connectivity index (χ0v) is 42.6. The van der Waals surface area contributed by atoms with Crippen molar-refractivity contribution in [3.63, 3.8) is 0 Å². The summed E-state index contributed by atoms with van der Waals surface area (Å²) in [4.78, 5) is 0. The zero-order chi connectivity index (χ0) is 42.0. The van der Waals surface area contributed by atoms with Crippen molar-refractivity contribution in [2.45, 2.75) is 329 Å². The van der Waals surface area contributed by atoms with Gasteiger partial charge in [0, 0.05) is 0 Å². The summed E-state index contributed by atoms with van der Waals surface area (Å²) in [6.45, 7) is 11.3. The van der Waals surface area contributed by atoms with Gasteiger partial charge in [-0.3, -0.25) is 0 Å². The van der Waals surface area contributed by atoms with E-state index in [1.165, 1.54) is 314 Å². The number of unbranched alkanes of at least 4 members (excludes halogenated alkanes) is 45. The van der Waals surface area contributed by atoms with Gasteiger partial charge in [-0.1, -0.05) is 117 Å². The van der Waals surface area contributed by atoms with Crippen molar-refractivity contribution in [3.8, 4) is 0 Å². The third-order valence-electron chi connectivity index (χ3n) is 14.3. The Morgan fingerprint density at radius 2 is 0.362 bits per heavy atom. The molecule has 0 aromatic heterocycles. The Kier molecular flexibility index (Phi) is 51.7. The molecule has 0 rings (SSSR count). The van der Waals surface area contributed by atoms with Crippen molar-refractivity contribution in [3.05, 3.63) is 12.7 Å². The molecule has 0 aliphatic carbocycles. The molecule has 0 aliphatic rings. The van der Waals surface area contributed by atoms with E-state index in [1.54, 1.807) is 18.5 Å². The average molecular weight is 834 g/mol. The zero-order valence-electron chi connectivity index (χ0n) is 41.6. The molecule has 0 spiro atoms. The second kappa shape index (κ2) is 51.5. The number of hydrogen-bond donors (Lipinski definition) is 0. The summed E-state index contributed by atoms with van der Waals surface area (Å²) >= 11 is 0. The van der Waals surface area contributed by atoms with Crippen LogP contribution in [-0.4, -0.2) is 24.6 Å². The summed E-state index contributed by atoms with van der Waals surface area (Å²) in [5.74, 6) is 0. The summed E-state index contributed by atoms with van der Waals surface area (Å²) in [5.41, 5.74) is 0. The summed E-state index contributed by atoms with van der Waals surface area (Å²) in [5, 5.41) is 0. The first-order chi connectivity index (χ1) is 28.7. The molecule has 0 saturated heterocycles. The molecule has 0 fully saturated rings. The minimum Gasteiger partial charge on any atom is -0.0654 e. The van der Waals surface area contributed by atoms with Gasteiger partial charge in [0.05, 0.1) is 0 Å². The molecule has 0 aromatic rings. The molecular weight excluding hydrogens is 716 g/mol. The fraction of sp³-hybridized carbons (Fsp3) is 0.965. The van der Waals surface area contributed by atoms with Gasteiger partial charge in [0.25, 0.3) is 0 Å². The molecule has 0 bridgehead atoms. The molecule has 0 atom stereocenters. The fourth-order valence-corrected chi connectivity index (χ4v) is 15.1. The molecule has 0 nitrogen and oxygen atoms in total. The topological polar surface area (TPSA) is 0 Å². The van der Waals surface area contributed by atoms with Crippen LogP contribution in [0.3, 0.4) is 0 Å². The van der Waals surface area contributed by atoms with Gasteiger partial charge in [0.1, 0.15) is 0 Å². The van der Waals surface area contributed by atoms with Gasteiger partial charge >= 0.3 is 256 Å². The van der Waals surface area contributed by atoms with Gasteiger partial charge in [-0.25, -0.2) is 0 Å². The van der Waals surface area contributed by atoms with Crippen molar-refractivity contribution >= 4 is 7.26 Å². The molecule has 350 valence electrons. The molecule has 0 aromatic carbocycles. The number of hydrogen-bond acceptors (Lipinski definition) is 0. The van der Waals surface area contributed by atoms with Crippen LogP contribution in [0.5, 0.6) is 0 Å². The van der Waals surface area contributed by atoms with E-state index in [-0.39, 0.29) is 0 Å². The van der Waals surface area contributed by atoms with Crippen LogP contribution in [0.25, 0.3) is 0 Å². The average Bonchev–Trinajstić information content (AvgIpc) is 3.23. The second-order valence-corrected chi connectivity index (χ2v) is 25.1. The molecule has 0 amide bonds. The Hall–Kier alpha value is 0.170. The minimum atomic E-state index is -1.23. The molecule has 0 radical (unpaired) electrons. The van der Waals surface area contributed by atoms with Crippen LogP contribution in [0, 0.1) is 0 Å². The van der Waals surface area contributed by atoms with Crippen LogP contribution in [0.15, 0.2) is 12.7 Å². The molecule has 0 saturated carbocycles. The predicted molar refractivity (Wildman–Crippen MR) is 277 cm³/mol. The van der Waals surface area contributed by atoms with Gasteiger partial charge < -0.3 is 0 Å². The summed E-state index contributed by atoms with van der Waals surface area (Å²) in [6.07, 6.45) is 79.6. The molecule has 0 heterocycles. The smallest absolute Gasteiger partial charge is 0.0654 e. The van der Waals surface area contributed by atoms with Crippen LogP contribution in [0.4, 0.5) is 0 Å². The van der Waals surface area contributed by atoms with Gasteiger partial charge in [0.15, 0.2) is 0 Å². The first-order valence-electron chi connectivity index (χ1n) is 28.4. The van der Waals surface area contributed by atoms with E-state index in [9.17, 15) is 0 Å². The molecule has 0 aliphatic heterocycles. The van der Waals surface area contributed by atoms with Crippen LogP contribution in [0.2, 0.25) is 0 Å². The second-order valence-electron chi connectivity index (χ2n) is 20.2. The van der Waals surface area contributed by atoms with Crippen molar-refractivity contribution in [2.24, 2.45) is 0 Å². The molecular formula is C57H117P. The number of rotatable bonds is 53. The van der Waals surface area contributed by atoms with Gasteiger partial charge in [-0.2, -0.15) is 0 Å². The third kappa shape index (κ3) is 45.7. The van der Waals surface area contributed by atoms with Crippen molar-refractivity contribution < 1.29 is 0 Å². The minimum absolute atomic E-state index is 1.23. The Bertz CT molecular complexity index is 638. The molecule has 1 heteroatoms. The monoisotopic (exact) mass is 833 g/mol. The first kappa shape index (κ1) is 58.2. The Morgan fingerprint density at radius 3 is 0.500 bits per heavy atom. The van der Waals surface area contributed by atoms with Gasteiger partial charge in [0.2, 0.25) is 0 Å². The van der Waals surface area contributed by atoms with Crippen LogP contribution >= 0.6 is 7.26 Å². The van der Waals surface area contributed by atoms with Crippen LogP contribution < -0.4 is 0 Å². The first-order valence-corrected chi connectivity index (χ1v) is 31.2. The van der Waals surface area contributed by atoms with E-state index >= 15 is 0 Å². The quantitative estimate of drug-likeness (QED) is 0.0325. The molecule has 58 heavy (non-hydrogen) atoms. The van der Waals surface area contributed by atoms with Gasteiger partial charge in [-0.05, 0) is 0 Å². The maximum absolute atomic E-state index is 4.35. The predicted octanol–water partition coefficient (Wildman–Crippen LogP) is 21.7. The standard InChI is InChI=1S/C57H117P/c1-5-9-12-15-18-21-24-27-30-33-36-39-42-45-48-51-55-58(54-8-4,56-52-49-46-43-40-37-34-31-28-25-22-19-16-13-10-6-2)57-53-50-47-44-41-38-35-32-29-26-23-20-17-14-11-7-3/h8,58H,4-7,9-57H2,1-3H3.